The van der Waals surface area contributed by atoms with Crippen LogP contribution in [0.3, 0.4) is 0 Å². The van der Waals surface area contributed by atoms with Crippen molar-refractivity contribution in [2.45, 2.75) is 52.4 Å². The van der Waals surface area contributed by atoms with Gasteiger partial charge < -0.3 is 9.80 Å². The number of amides is 2. The molecule has 0 aromatic rings. The van der Waals surface area contributed by atoms with Crippen LogP contribution in [0.5, 0.6) is 0 Å². The van der Waals surface area contributed by atoms with Gasteiger partial charge in [-0.2, -0.15) is 0 Å². The number of rotatable bonds is 6. The number of piperidine rings is 1. The van der Waals surface area contributed by atoms with Crippen LogP contribution in [0.1, 0.15) is 52.4 Å². The predicted octanol–water partition coefficient (Wildman–Crippen LogP) is 1.97. The van der Waals surface area contributed by atoms with Crippen LogP contribution in [-0.2, 0) is 9.59 Å². The van der Waals surface area contributed by atoms with Crippen molar-refractivity contribution in [3.63, 3.8) is 0 Å². The fourth-order valence-corrected chi connectivity index (χ4v) is 3.64. The van der Waals surface area contributed by atoms with E-state index in [0.29, 0.717) is 18.2 Å². The molecule has 0 aliphatic carbocycles. The number of piperazine rings is 1. The molecule has 23 heavy (non-hydrogen) atoms. The molecule has 0 spiro atoms. The van der Waals surface area contributed by atoms with E-state index in [9.17, 15) is 9.59 Å². The van der Waals surface area contributed by atoms with Gasteiger partial charge in [-0.15, -0.1) is 0 Å². The molecule has 0 saturated carbocycles. The number of hydrogen-bond acceptors (Lipinski definition) is 3. The van der Waals surface area contributed by atoms with Crippen molar-refractivity contribution < 1.29 is 9.59 Å². The van der Waals surface area contributed by atoms with Crippen molar-refractivity contribution in [3.8, 4) is 0 Å². The molecular formula is C18H33N3O2. The third-order valence-electron chi connectivity index (χ3n) is 5.37. The lowest BCUT2D eigenvalue weighted by molar-refractivity contribution is -0.138. The van der Waals surface area contributed by atoms with E-state index in [1.807, 2.05) is 9.80 Å². The third-order valence-corrected chi connectivity index (χ3v) is 5.37. The Morgan fingerprint density at radius 3 is 2.00 bits per heavy atom. The monoisotopic (exact) mass is 323 g/mol. The molecule has 0 aromatic heterocycles. The van der Waals surface area contributed by atoms with Gasteiger partial charge in [-0.1, -0.05) is 13.8 Å². The van der Waals surface area contributed by atoms with E-state index < -0.39 is 0 Å². The molecule has 2 amide bonds. The first-order valence-corrected chi connectivity index (χ1v) is 9.44. The summed E-state index contributed by atoms with van der Waals surface area (Å²) in [6.45, 7) is 10.3. The molecule has 2 aliphatic heterocycles. The minimum absolute atomic E-state index is 0.183. The van der Waals surface area contributed by atoms with Gasteiger partial charge in [-0.25, -0.2) is 0 Å². The van der Waals surface area contributed by atoms with Crippen LogP contribution in [0.25, 0.3) is 0 Å². The maximum Gasteiger partial charge on any atom is 0.225 e. The summed E-state index contributed by atoms with van der Waals surface area (Å²) in [4.78, 5) is 31.0. The van der Waals surface area contributed by atoms with Crippen LogP contribution in [0, 0.1) is 5.92 Å². The van der Waals surface area contributed by atoms with Crippen LogP contribution in [0.4, 0.5) is 0 Å². The Bertz CT molecular complexity index is 382. The molecule has 2 aliphatic rings. The van der Waals surface area contributed by atoms with E-state index in [-0.39, 0.29) is 5.92 Å². The first kappa shape index (κ1) is 18.2. The molecule has 2 rings (SSSR count). The van der Waals surface area contributed by atoms with Gasteiger partial charge in [-0.3, -0.25) is 14.5 Å². The van der Waals surface area contributed by atoms with Crippen molar-refractivity contribution in [1.29, 1.82) is 0 Å². The van der Waals surface area contributed by atoms with Gasteiger partial charge in [0, 0.05) is 58.2 Å². The summed E-state index contributed by atoms with van der Waals surface area (Å²) in [5.41, 5.74) is 0. The highest BCUT2D eigenvalue weighted by molar-refractivity contribution is 5.79. The van der Waals surface area contributed by atoms with E-state index in [2.05, 4.69) is 18.7 Å². The van der Waals surface area contributed by atoms with Gasteiger partial charge in [0.2, 0.25) is 11.8 Å². The highest BCUT2D eigenvalue weighted by atomic mass is 16.2. The molecule has 0 radical (unpaired) electrons. The molecule has 0 N–H and O–H groups in total. The van der Waals surface area contributed by atoms with E-state index in [4.69, 9.17) is 0 Å². The Kier molecular flexibility index (Phi) is 7.34. The highest BCUT2D eigenvalue weighted by Gasteiger charge is 2.26. The summed E-state index contributed by atoms with van der Waals surface area (Å²) in [6, 6.07) is 0. The molecular weight excluding hydrogens is 290 g/mol. The van der Waals surface area contributed by atoms with E-state index in [1.165, 1.54) is 6.42 Å². The zero-order chi connectivity index (χ0) is 16.7. The Balaban J connectivity index is 1.68. The quantitative estimate of drug-likeness (QED) is 0.751. The summed E-state index contributed by atoms with van der Waals surface area (Å²) in [5, 5.41) is 0. The minimum Gasteiger partial charge on any atom is -0.343 e. The molecule has 2 heterocycles. The second-order valence-electron chi connectivity index (χ2n) is 6.87. The second-order valence-corrected chi connectivity index (χ2v) is 6.87. The molecule has 0 unspecified atom stereocenters. The van der Waals surface area contributed by atoms with Crippen LogP contribution < -0.4 is 0 Å². The standard InChI is InChI=1S/C18H33N3O2/c1-3-16(4-2)18(23)21-14-12-19(13-15-21)11-8-17(22)20-9-6-5-7-10-20/h16H,3-15H2,1-2H3. The smallest absolute Gasteiger partial charge is 0.225 e. The first-order chi connectivity index (χ1) is 11.2. The number of nitrogens with zero attached hydrogens (tertiary/aromatic N) is 3. The summed E-state index contributed by atoms with van der Waals surface area (Å²) < 4.78 is 0. The van der Waals surface area contributed by atoms with Gasteiger partial charge in [-0.05, 0) is 32.1 Å². The lowest BCUT2D eigenvalue weighted by Gasteiger charge is -2.36. The average molecular weight is 323 g/mol. The lowest BCUT2D eigenvalue weighted by atomic mass is 10.0. The van der Waals surface area contributed by atoms with Gasteiger partial charge in [0.1, 0.15) is 0 Å². The molecule has 0 atom stereocenters. The summed E-state index contributed by atoms with van der Waals surface area (Å²) >= 11 is 0. The third kappa shape index (κ3) is 5.20. The van der Waals surface area contributed by atoms with Crippen molar-refractivity contribution in [2.24, 2.45) is 5.92 Å². The van der Waals surface area contributed by atoms with Crippen molar-refractivity contribution >= 4 is 11.8 Å². The van der Waals surface area contributed by atoms with Crippen molar-refractivity contribution in [1.82, 2.24) is 14.7 Å². The molecule has 2 saturated heterocycles. The SMILES string of the molecule is CCC(CC)C(=O)N1CCN(CCC(=O)N2CCCCC2)CC1. The normalized spacial score (nSPS) is 20.1. The Labute approximate surface area is 141 Å². The van der Waals surface area contributed by atoms with Crippen molar-refractivity contribution in [3.05, 3.63) is 0 Å². The van der Waals surface area contributed by atoms with Crippen LogP contribution in [0.15, 0.2) is 0 Å². The molecule has 0 aromatic carbocycles. The number of likely N-dealkylation sites (tertiary alicyclic amines) is 1. The maximum absolute atomic E-state index is 12.4. The van der Waals surface area contributed by atoms with E-state index in [1.54, 1.807) is 0 Å². The number of carbonyl (C=O) groups is 2. The second kappa shape index (κ2) is 9.26. The minimum atomic E-state index is 0.183. The van der Waals surface area contributed by atoms with E-state index in [0.717, 1.165) is 71.5 Å². The van der Waals surface area contributed by atoms with Gasteiger partial charge in [0.15, 0.2) is 0 Å². The molecule has 132 valence electrons. The number of carbonyl (C=O) groups excluding carboxylic acids is 2. The van der Waals surface area contributed by atoms with E-state index >= 15 is 0 Å². The van der Waals surface area contributed by atoms with Crippen LogP contribution in [-0.4, -0.2) is 72.3 Å². The summed E-state index contributed by atoms with van der Waals surface area (Å²) in [5.74, 6) is 0.807. The van der Waals surface area contributed by atoms with Crippen molar-refractivity contribution in [2.75, 3.05) is 45.8 Å². The molecule has 2 fully saturated rings. The fraction of sp³-hybridized carbons (Fsp3) is 0.889. The van der Waals surface area contributed by atoms with Crippen LogP contribution in [0.2, 0.25) is 0 Å². The largest absolute Gasteiger partial charge is 0.343 e. The molecule has 0 bridgehead atoms. The van der Waals surface area contributed by atoms with Gasteiger partial charge >= 0.3 is 0 Å². The Hall–Kier alpha value is -1.10. The predicted molar refractivity (Wildman–Crippen MR) is 92.1 cm³/mol. The number of hydrogen-bond donors (Lipinski definition) is 0. The molecule has 5 nitrogen and oxygen atoms in total. The summed E-state index contributed by atoms with van der Waals surface area (Å²) in [6.07, 6.45) is 6.06. The van der Waals surface area contributed by atoms with Crippen LogP contribution >= 0.6 is 0 Å². The summed E-state index contributed by atoms with van der Waals surface area (Å²) in [7, 11) is 0. The first-order valence-electron chi connectivity index (χ1n) is 9.44. The zero-order valence-corrected chi connectivity index (χ0v) is 14.9. The average Bonchev–Trinajstić information content (AvgIpc) is 2.61. The Morgan fingerprint density at radius 1 is 0.826 bits per heavy atom. The maximum atomic E-state index is 12.4. The highest BCUT2D eigenvalue weighted by Crippen LogP contribution is 2.15. The lowest BCUT2D eigenvalue weighted by Crippen LogP contribution is -2.50. The van der Waals surface area contributed by atoms with Gasteiger partial charge in [0.05, 0.1) is 0 Å². The molecule has 5 heteroatoms. The van der Waals surface area contributed by atoms with Gasteiger partial charge in [0.25, 0.3) is 0 Å². The zero-order valence-electron chi connectivity index (χ0n) is 14.9. The fourth-order valence-electron chi connectivity index (χ4n) is 3.64. The Morgan fingerprint density at radius 2 is 1.43 bits per heavy atom. The topological polar surface area (TPSA) is 43.9 Å².